The quantitative estimate of drug-likeness (QED) is 0.578. The van der Waals surface area contributed by atoms with Crippen LogP contribution in [0.1, 0.15) is 11.1 Å². The van der Waals surface area contributed by atoms with E-state index in [9.17, 15) is 10.1 Å². The highest BCUT2D eigenvalue weighted by Crippen LogP contribution is 2.24. The van der Waals surface area contributed by atoms with Crippen molar-refractivity contribution in [3.8, 4) is 0 Å². The molecule has 0 aliphatic rings. The summed E-state index contributed by atoms with van der Waals surface area (Å²) < 4.78 is 1.73. The Morgan fingerprint density at radius 3 is 2.55 bits per heavy atom. The lowest BCUT2D eigenvalue weighted by molar-refractivity contribution is -0.385. The molecule has 6 heteroatoms. The SMILES string of the molecule is Cc1cc(Br)ccc1NCc1cc(Br)cc([N+](=O)[O-])c1. The number of rotatable bonds is 4. The van der Waals surface area contributed by atoms with E-state index in [4.69, 9.17) is 0 Å². The zero-order chi connectivity index (χ0) is 14.7. The molecule has 0 aliphatic heterocycles. The Morgan fingerprint density at radius 1 is 1.15 bits per heavy atom. The molecule has 0 atom stereocenters. The second-order valence-corrected chi connectivity index (χ2v) is 6.22. The molecule has 4 nitrogen and oxygen atoms in total. The maximum absolute atomic E-state index is 10.8. The van der Waals surface area contributed by atoms with Gasteiger partial charge in [0.15, 0.2) is 0 Å². The lowest BCUT2D eigenvalue weighted by Crippen LogP contribution is -2.02. The van der Waals surface area contributed by atoms with Crippen LogP contribution in [0.5, 0.6) is 0 Å². The molecule has 0 fully saturated rings. The molecule has 0 spiro atoms. The van der Waals surface area contributed by atoms with E-state index in [0.717, 1.165) is 21.3 Å². The van der Waals surface area contributed by atoms with Gasteiger partial charge in [-0.1, -0.05) is 31.9 Å². The van der Waals surface area contributed by atoms with Gasteiger partial charge in [-0.2, -0.15) is 0 Å². The van der Waals surface area contributed by atoms with Crippen LogP contribution in [0.4, 0.5) is 11.4 Å². The van der Waals surface area contributed by atoms with Crippen molar-refractivity contribution in [1.82, 2.24) is 0 Å². The number of aryl methyl sites for hydroxylation is 1. The van der Waals surface area contributed by atoms with E-state index in [0.29, 0.717) is 11.0 Å². The molecule has 20 heavy (non-hydrogen) atoms. The summed E-state index contributed by atoms with van der Waals surface area (Å²) in [6.07, 6.45) is 0. The monoisotopic (exact) mass is 398 g/mol. The molecule has 0 saturated carbocycles. The van der Waals surface area contributed by atoms with Gasteiger partial charge in [0.05, 0.1) is 4.92 Å². The van der Waals surface area contributed by atoms with Crippen LogP contribution in [0, 0.1) is 17.0 Å². The maximum Gasteiger partial charge on any atom is 0.270 e. The number of nitrogens with zero attached hydrogens (tertiary/aromatic N) is 1. The molecule has 0 unspecified atom stereocenters. The third-order valence-corrected chi connectivity index (χ3v) is 3.78. The summed E-state index contributed by atoms with van der Waals surface area (Å²) in [6.45, 7) is 2.54. The average Bonchev–Trinajstić information content (AvgIpc) is 2.37. The summed E-state index contributed by atoms with van der Waals surface area (Å²) in [7, 11) is 0. The van der Waals surface area contributed by atoms with Crippen LogP contribution < -0.4 is 5.32 Å². The Bertz CT molecular complexity index is 660. The summed E-state index contributed by atoms with van der Waals surface area (Å²) in [4.78, 5) is 10.4. The predicted octanol–water partition coefficient (Wildman–Crippen LogP) is 5.04. The van der Waals surface area contributed by atoms with Crippen molar-refractivity contribution in [1.29, 1.82) is 0 Å². The van der Waals surface area contributed by atoms with Gasteiger partial charge in [-0.25, -0.2) is 0 Å². The summed E-state index contributed by atoms with van der Waals surface area (Å²) in [5.74, 6) is 0. The first-order valence-corrected chi connectivity index (χ1v) is 7.48. The van der Waals surface area contributed by atoms with Crippen LogP contribution in [0.15, 0.2) is 45.3 Å². The van der Waals surface area contributed by atoms with E-state index in [-0.39, 0.29) is 10.6 Å². The fraction of sp³-hybridized carbons (Fsp3) is 0.143. The van der Waals surface area contributed by atoms with Crippen molar-refractivity contribution in [2.75, 3.05) is 5.32 Å². The van der Waals surface area contributed by atoms with Crippen LogP contribution in [0.25, 0.3) is 0 Å². The second kappa shape index (κ2) is 6.37. The maximum atomic E-state index is 10.8. The minimum absolute atomic E-state index is 0.0868. The Morgan fingerprint density at radius 2 is 1.90 bits per heavy atom. The zero-order valence-corrected chi connectivity index (χ0v) is 13.9. The molecule has 0 aliphatic carbocycles. The number of nitrogens with one attached hydrogen (secondary N) is 1. The van der Waals surface area contributed by atoms with Gasteiger partial charge in [-0.05, 0) is 42.3 Å². The number of non-ortho nitro benzene ring substituents is 1. The van der Waals surface area contributed by atoms with Crippen molar-refractivity contribution in [3.63, 3.8) is 0 Å². The van der Waals surface area contributed by atoms with Gasteiger partial charge in [-0.15, -0.1) is 0 Å². The van der Waals surface area contributed by atoms with E-state index in [1.807, 2.05) is 31.2 Å². The number of anilines is 1. The van der Waals surface area contributed by atoms with Crippen LogP contribution in [0.3, 0.4) is 0 Å². The van der Waals surface area contributed by atoms with Crippen molar-refractivity contribution in [2.45, 2.75) is 13.5 Å². The fourth-order valence-electron chi connectivity index (χ4n) is 1.86. The molecule has 0 bridgehead atoms. The van der Waals surface area contributed by atoms with Gasteiger partial charge in [0.2, 0.25) is 0 Å². The van der Waals surface area contributed by atoms with Gasteiger partial charge in [0.1, 0.15) is 0 Å². The van der Waals surface area contributed by atoms with Gasteiger partial charge in [0, 0.05) is 33.3 Å². The average molecular weight is 400 g/mol. The highest BCUT2D eigenvalue weighted by molar-refractivity contribution is 9.10. The van der Waals surface area contributed by atoms with E-state index in [2.05, 4.69) is 37.2 Å². The molecule has 1 N–H and O–H groups in total. The van der Waals surface area contributed by atoms with Gasteiger partial charge < -0.3 is 5.32 Å². The summed E-state index contributed by atoms with van der Waals surface area (Å²) >= 11 is 6.71. The van der Waals surface area contributed by atoms with E-state index in [1.54, 1.807) is 6.07 Å². The van der Waals surface area contributed by atoms with E-state index >= 15 is 0 Å². The van der Waals surface area contributed by atoms with Crippen molar-refractivity contribution in [3.05, 3.63) is 66.6 Å². The minimum Gasteiger partial charge on any atom is -0.381 e. The molecule has 104 valence electrons. The number of hydrogen-bond donors (Lipinski definition) is 1. The normalized spacial score (nSPS) is 10.3. The van der Waals surface area contributed by atoms with Crippen LogP contribution in [0.2, 0.25) is 0 Å². The lowest BCUT2D eigenvalue weighted by Gasteiger charge is -2.10. The van der Waals surface area contributed by atoms with Crippen LogP contribution in [-0.4, -0.2) is 4.92 Å². The lowest BCUT2D eigenvalue weighted by atomic mass is 10.1. The number of hydrogen-bond acceptors (Lipinski definition) is 3. The number of halogens is 2. The molecule has 0 saturated heterocycles. The Balaban J connectivity index is 2.16. The first kappa shape index (κ1) is 15.0. The predicted molar refractivity (Wildman–Crippen MR) is 87.0 cm³/mol. The Kier molecular flexibility index (Phi) is 4.77. The summed E-state index contributed by atoms with van der Waals surface area (Å²) in [6, 6.07) is 10.9. The Hall–Kier alpha value is -1.40. The molecule has 2 aromatic carbocycles. The molecular weight excluding hydrogens is 388 g/mol. The molecule has 0 heterocycles. The number of nitro benzene ring substituents is 1. The van der Waals surface area contributed by atoms with Gasteiger partial charge in [-0.3, -0.25) is 10.1 Å². The van der Waals surface area contributed by atoms with Crippen molar-refractivity contribution < 1.29 is 4.92 Å². The summed E-state index contributed by atoms with van der Waals surface area (Å²) in [5, 5.41) is 14.1. The van der Waals surface area contributed by atoms with E-state index in [1.165, 1.54) is 6.07 Å². The van der Waals surface area contributed by atoms with Crippen LogP contribution >= 0.6 is 31.9 Å². The number of nitro groups is 1. The fourth-order valence-corrected chi connectivity index (χ4v) is 2.87. The molecule has 2 aromatic rings. The highest BCUT2D eigenvalue weighted by Gasteiger charge is 2.09. The van der Waals surface area contributed by atoms with E-state index < -0.39 is 0 Å². The molecular formula is C14H12Br2N2O2. The third-order valence-electron chi connectivity index (χ3n) is 2.82. The third kappa shape index (κ3) is 3.80. The van der Waals surface area contributed by atoms with Crippen molar-refractivity contribution >= 4 is 43.2 Å². The second-order valence-electron chi connectivity index (χ2n) is 4.39. The van der Waals surface area contributed by atoms with Crippen LogP contribution in [-0.2, 0) is 6.54 Å². The zero-order valence-electron chi connectivity index (χ0n) is 10.7. The smallest absolute Gasteiger partial charge is 0.270 e. The summed E-state index contributed by atoms with van der Waals surface area (Å²) in [5.41, 5.74) is 3.07. The Labute approximate surface area is 133 Å². The van der Waals surface area contributed by atoms with Gasteiger partial charge in [0.25, 0.3) is 5.69 Å². The largest absolute Gasteiger partial charge is 0.381 e. The van der Waals surface area contributed by atoms with Gasteiger partial charge >= 0.3 is 0 Å². The number of benzene rings is 2. The minimum atomic E-state index is -0.390. The first-order chi connectivity index (χ1) is 9.45. The topological polar surface area (TPSA) is 55.2 Å². The molecule has 0 aromatic heterocycles. The first-order valence-electron chi connectivity index (χ1n) is 5.89. The molecule has 2 rings (SSSR count). The molecule has 0 radical (unpaired) electrons. The standard InChI is InChI=1S/C14H12Br2N2O2/c1-9-4-11(15)2-3-14(9)17-8-10-5-12(16)7-13(6-10)18(19)20/h2-7,17H,8H2,1H3. The van der Waals surface area contributed by atoms with Crippen molar-refractivity contribution in [2.24, 2.45) is 0 Å². The molecule has 0 amide bonds. The highest BCUT2D eigenvalue weighted by atomic mass is 79.9.